The molecule has 1 atom stereocenters. The molecule has 2 aliphatic rings. The Morgan fingerprint density at radius 2 is 2.14 bits per heavy atom. The summed E-state index contributed by atoms with van der Waals surface area (Å²) in [6, 6.07) is 5.14. The Balaban J connectivity index is 1.84. The van der Waals surface area contributed by atoms with Gasteiger partial charge in [-0.3, -0.25) is 19.7 Å². The number of fused-ring (bicyclic) bond motifs is 1. The van der Waals surface area contributed by atoms with Gasteiger partial charge in [0.2, 0.25) is 11.8 Å². The van der Waals surface area contributed by atoms with Crippen molar-refractivity contribution in [2.75, 3.05) is 11.1 Å². The lowest BCUT2D eigenvalue weighted by molar-refractivity contribution is -0.136. The average molecular weight is 383 g/mol. The van der Waals surface area contributed by atoms with Crippen LogP contribution < -0.4 is 5.32 Å². The van der Waals surface area contributed by atoms with Crippen molar-refractivity contribution in [3.05, 3.63) is 29.3 Å². The van der Waals surface area contributed by atoms with Crippen molar-refractivity contribution in [2.24, 2.45) is 0 Å². The molecule has 0 bridgehead atoms. The fourth-order valence-corrected chi connectivity index (χ4v) is 4.15. The topological polar surface area (TPSA) is 66.5 Å². The Labute approximate surface area is 140 Å². The minimum absolute atomic E-state index is 0.120. The maximum absolute atomic E-state index is 12.6. The summed E-state index contributed by atoms with van der Waals surface area (Å²) in [4.78, 5) is 38.5. The summed E-state index contributed by atoms with van der Waals surface area (Å²) < 4.78 is 0. The third-order valence-electron chi connectivity index (χ3n) is 3.87. The van der Waals surface area contributed by atoms with Crippen LogP contribution in [0.15, 0.2) is 23.1 Å². The molecule has 22 heavy (non-hydrogen) atoms. The third-order valence-corrected chi connectivity index (χ3v) is 5.90. The zero-order valence-corrected chi connectivity index (χ0v) is 14.2. The molecule has 0 aromatic heterocycles. The van der Waals surface area contributed by atoms with Crippen molar-refractivity contribution in [2.45, 2.75) is 30.3 Å². The molecular formula is C15H15BrN2O3S. The second kappa shape index (κ2) is 6.42. The van der Waals surface area contributed by atoms with Gasteiger partial charge in [-0.1, -0.05) is 22.0 Å². The van der Waals surface area contributed by atoms with Gasteiger partial charge in [-0.2, -0.15) is 0 Å². The van der Waals surface area contributed by atoms with E-state index in [1.807, 2.05) is 18.2 Å². The van der Waals surface area contributed by atoms with E-state index >= 15 is 0 Å². The number of carbonyl (C=O) groups is 3. The summed E-state index contributed by atoms with van der Waals surface area (Å²) in [6.45, 7) is 0.436. The number of benzene rings is 1. The Morgan fingerprint density at radius 3 is 2.86 bits per heavy atom. The number of amides is 3. The summed E-state index contributed by atoms with van der Waals surface area (Å²) >= 11 is 5.10. The van der Waals surface area contributed by atoms with Crippen LogP contribution >= 0.6 is 27.7 Å². The molecule has 0 radical (unpaired) electrons. The summed E-state index contributed by atoms with van der Waals surface area (Å²) in [7, 11) is 0. The molecule has 116 valence electrons. The maximum atomic E-state index is 12.6. The summed E-state index contributed by atoms with van der Waals surface area (Å²) in [6.07, 6.45) is 0.677. The SMILES string of the molecule is O=C1CCC(N2Cc3c(SCCBr)cccc3C2=O)C(=O)N1. The van der Waals surface area contributed by atoms with Gasteiger partial charge in [-0.05, 0) is 24.1 Å². The van der Waals surface area contributed by atoms with Crippen LogP contribution in [0.3, 0.4) is 0 Å². The summed E-state index contributed by atoms with van der Waals surface area (Å²) in [5.41, 5.74) is 1.66. The van der Waals surface area contributed by atoms with Gasteiger partial charge in [0.05, 0.1) is 0 Å². The number of hydrogen-bond acceptors (Lipinski definition) is 4. The van der Waals surface area contributed by atoms with E-state index in [0.717, 1.165) is 21.5 Å². The largest absolute Gasteiger partial charge is 0.322 e. The van der Waals surface area contributed by atoms with Gasteiger partial charge in [0.1, 0.15) is 6.04 Å². The highest BCUT2D eigenvalue weighted by molar-refractivity contribution is 9.09. The van der Waals surface area contributed by atoms with E-state index in [4.69, 9.17) is 0 Å². The van der Waals surface area contributed by atoms with Crippen LogP contribution in [0.1, 0.15) is 28.8 Å². The molecule has 3 amide bonds. The lowest BCUT2D eigenvalue weighted by Crippen LogP contribution is -2.52. The number of alkyl halides is 1. The Hall–Kier alpha value is -1.34. The summed E-state index contributed by atoms with van der Waals surface area (Å²) in [5.74, 6) is 0.167. The van der Waals surface area contributed by atoms with Gasteiger partial charge in [-0.25, -0.2) is 0 Å². The first-order valence-electron chi connectivity index (χ1n) is 7.07. The quantitative estimate of drug-likeness (QED) is 0.490. The monoisotopic (exact) mass is 382 g/mol. The number of thioether (sulfide) groups is 1. The van der Waals surface area contributed by atoms with E-state index in [-0.39, 0.29) is 24.1 Å². The van der Waals surface area contributed by atoms with Crippen LogP contribution in [0, 0.1) is 0 Å². The van der Waals surface area contributed by atoms with Crippen LogP contribution in [0.4, 0.5) is 0 Å². The lowest BCUT2D eigenvalue weighted by Gasteiger charge is -2.29. The van der Waals surface area contributed by atoms with Crippen LogP contribution in [-0.4, -0.2) is 39.7 Å². The van der Waals surface area contributed by atoms with E-state index in [9.17, 15) is 14.4 Å². The second-order valence-corrected chi connectivity index (χ2v) is 7.15. The fraction of sp³-hybridized carbons (Fsp3) is 0.400. The van der Waals surface area contributed by atoms with Crippen molar-refractivity contribution in [3.8, 4) is 0 Å². The number of nitrogens with one attached hydrogen (secondary N) is 1. The predicted octanol–water partition coefficient (Wildman–Crippen LogP) is 1.93. The van der Waals surface area contributed by atoms with Gasteiger partial charge < -0.3 is 4.90 Å². The first kappa shape index (κ1) is 15.6. The standard InChI is InChI=1S/C15H15BrN2O3S/c16-6-7-22-12-3-1-2-9-10(12)8-18(15(9)21)11-4-5-13(19)17-14(11)20/h1-3,11H,4-8H2,(H,17,19,20). The van der Waals surface area contributed by atoms with Crippen molar-refractivity contribution in [1.29, 1.82) is 0 Å². The highest BCUT2D eigenvalue weighted by Crippen LogP contribution is 2.34. The van der Waals surface area contributed by atoms with E-state index in [1.54, 1.807) is 16.7 Å². The van der Waals surface area contributed by atoms with Crippen LogP contribution in [0.5, 0.6) is 0 Å². The molecule has 3 rings (SSSR count). The zero-order chi connectivity index (χ0) is 15.7. The van der Waals surface area contributed by atoms with Gasteiger partial charge in [0, 0.05) is 34.5 Å². The first-order valence-corrected chi connectivity index (χ1v) is 9.18. The van der Waals surface area contributed by atoms with Crippen molar-refractivity contribution >= 4 is 45.4 Å². The molecule has 1 N–H and O–H groups in total. The molecule has 0 saturated carbocycles. The fourth-order valence-electron chi connectivity index (χ4n) is 2.84. The minimum atomic E-state index is -0.549. The maximum Gasteiger partial charge on any atom is 0.255 e. The van der Waals surface area contributed by atoms with Crippen molar-refractivity contribution in [3.63, 3.8) is 0 Å². The number of nitrogens with zero attached hydrogens (tertiary/aromatic N) is 1. The van der Waals surface area contributed by atoms with Crippen molar-refractivity contribution < 1.29 is 14.4 Å². The highest BCUT2D eigenvalue weighted by Gasteiger charge is 2.39. The molecule has 2 heterocycles. The Morgan fingerprint density at radius 1 is 1.32 bits per heavy atom. The normalized spacial score (nSPS) is 21.0. The second-order valence-electron chi connectivity index (χ2n) is 5.22. The number of rotatable bonds is 4. The number of piperidine rings is 1. The third kappa shape index (κ3) is 2.79. The number of hydrogen-bond donors (Lipinski definition) is 1. The van der Waals surface area contributed by atoms with E-state index < -0.39 is 6.04 Å². The minimum Gasteiger partial charge on any atom is -0.322 e. The molecule has 1 fully saturated rings. The van der Waals surface area contributed by atoms with E-state index in [1.165, 1.54) is 0 Å². The lowest BCUT2D eigenvalue weighted by atomic mass is 10.0. The van der Waals surface area contributed by atoms with Gasteiger partial charge in [-0.15, -0.1) is 11.8 Å². The molecule has 1 aromatic carbocycles. The molecule has 0 spiro atoms. The first-order chi connectivity index (χ1) is 10.6. The molecule has 1 saturated heterocycles. The smallest absolute Gasteiger partial charge is 0.255 e. The molecule has 1 unspecified atom stereocenters. The average Bonchev–Trinajstić information content (AvgIpc) is 2.83. The number of imide groups is 1. The summed E-state index contributed by atoms with van der Waals surface area (Å²) in [5, 5.41) is 3.20. The molecule has 7 heteroatoms. The van der Waals surface area contributed by atoms with Crippen molar-refractivity contribution in [1.82, 2.24) is 10.2 Å². The Bertz CT molecular complexity index is 650. The molecule has 1 aromatic rings. The van der Waals surface area contributed by atoms with Gasteiger partial charge in [0.25, 0.3) is 5.91 Å². The van der Waals surface area contributed by atoms with Gasteiger partial charge in [0.15, 0.2) is 0 Å². The molecule has 5 nitrogen and oxygen atoms in total. The Kier molecular flexibility index (Phi) is 4.54. The molecule has 2 aliphatic heterocycles. The molecular weight excluding hydrogens is 368 g/mol. The van der Waals surface area contributed by atoms with E-state index in [0.29, 0.717) is 18.5 Å². The number of carbonyl (C=O) groups excluding carboxylic acids is 3. The number of halogens is 1. The van der Waals surface area contributed by atoms with Crippen LogP contribution in [0.25, 0.3) is 0 Å². The highest BCUT2D eigenvalue weighted by atomic mass is 79.9. The van der Waals surface area contributed by atoms with Crippen LogP contribution in [0.2, 0.25) is 0 Å². The van der Waals surface area contributed by atoms with E-state index in [2.05, 4.69) is 21.2 Å². The zero-order valence-electron chi connectivity index (χ0n) is 11.8. The molecule has 0 aliphatic carbocycles. The predicted molar refractivity (Wildman–Crippen MR) is 87.0 cm³/mol. The van der Waals surface area contributed by atoms with Gasteiger partial charge >= 0.3 is 0 Å². The van der Waals surface area contributed by atoms with Crippen LogP contribution in [-0.2, 0) is 16.1 Å².